The minimum atomic E-state index is -0.243. The molecule has 0 radical (unpaired) electrons. The van der Waals surface area contributed by atoms with Crippen LogP contribution >= 0.6 is 0 Å². The smallest absolute Gasteiger partial charge is 0.231 e. The number of aromatic nitrogens is 1. The number of hydrogen-bond acceptors (Lipinski definition) is 7. The van der Waals surface area contributed by atoms with E-state index >= 15 is 0 Å². The zero-order valence-corrected chi connectivity index (χ0v) is 20.2. The Morgan fingerprint density at radius 2 is 1.63 bits per heavy atom. The van der Waals surface area contributed by atoms with E-state index in [9.17, 15) is 4.79 Å². The first-order valence-electron chi connectivity index (χ1n) is 11.2. The minimum Gasteiger partial charge on any atom is -0.494 e. The van der Waals surface area contributed by atoms with Crippen molar-refractivity contribution < 1.29 is 28.2 Å². The third-order valence-corrected chi connectivity index (χ3v) is 5.36. The molecule has 4 rings (SSSR count). The molecule has 0 aliphatic heterocycles. The van der Waals surface area contributed by atoms with Crippen molar-refractivity contribution in [2.24, 2.45) is 0 Å². The minimum absolute atomic E-state index is 0.219. The molecular formula is C28H27NO6. The second kappa shape index (κ2) is 10.8. The molecule has 1 aromatic heterocycles. The number of fused-ring (bicyclic) bond motifs is 1. The molecule has 3 aromatic carbocycles. The fraction of sp³-hybridized carbons (Fsp3) is 0.214. The number of benzene rings is 3. The van der Waals surface area contributed by atoms with Crippen molar-refractivity contribution in [1.82, 2.24) is 4.98 Å². The number of oxazole rings is 1. The van der Waals surface area contributed by atoms with Crippen LogP contribution in [-0.4, -0.2) is 38.7 Å². The zero-order valence-electron chi connectivity index (χ0n) is 20.2. The van der Waals surface area contributed by atoms with E-state index in [-0.39, 0.29) is 17.2 Å². The number of carbonyl (C=O) groups is 1. The molecule has 0 fully saturated rings. The van der Waals surface area contributed by atoms with Crippen LogP contribution in [0.3, 0.4) is 0 Å². The summed E-state index contributed by atoms with van der Waals surface area (Å²) in [5.41, 5.74) is 2.68. The third kappa shape index (κ3) is 5.14. The number of nitrogens with zero attached hydrogens (tertiary/aromatic N) is 1. The fourth-order valence-corrected chi connectivity index (χ4v) is 3.64. The summed E-state index contributed by atoms with van der Waals surface area (Å²) in [6.45, 7) is 2.65. The van der Waals surface area contributed by atoms with Gasteiger partial charge in [0, 0.05) is 5.56 Å². The summed E-state index contributed by atoms with van der Waals surface area (Å²) >= 11 is 0. The van der Waals surface area contributed by atoms with Crippen LogP contribution in [0.25, 0.3) is 22.7 Å². The van der Waals surface area contributed by atoms with E-state index < -0.39 is 0 Å². The van der Waals surface area contributed by atoms with E-state index in [1.807, 2.05) is 31.2 Å². The molecule has 7 nitrogen and oxygen atoms in total. The first-order chi connectivity index (χ1) is 17.1. The van der Waals surface area contributed by atoms with Crippen LogP contribution in [0.5, 0.6) is 23.0 Å². The lowest BCUT2D eigenvalue weighted by molar-refractivity contribution is 0.105. The molecule has 0 bridgehead atoms. The standard InChI is InChI=1S/C28H27NO6/c1-5-14-34-20-12-10-19(11-13-20)26(30)21(28-29-22-8-6-7-9-23(22)35-28)15-18-16-24(31-2)27(33-4)25(17-18)32-3/h6-13,15-17H,5,14H2,1-4H3/b21-15-. The zero-order chi connectivity index (χ0) is 24.8. The number of methoxy groups -OCH3 is 3. The Morgan fingerprint density at radius 3 is 2.23 bits per heavy atom. The van der Waals surface area contributed by atoms with Crippen LogP contribution in [-0.2, 0) is 0 Å². The second-order valence-corrected chi connectivity index (χ2v) is 7.71. The summed E-state index contributed by atoms with van der Waals surface area (Å²) in [5.74, 6) is 2.09. The molecule has 0 unspecified atom stereocenters. The van der Waals surface area contributed by atoms with Gasteiger partial charge in [0.05, 0.1) is 33.5 Å². The maximum atomic E-state index is 13.7. The third-order valence-electron chi connectivity index (χ3n) is 5.36. The van der Waals surface area contributed by atoms with Gasteiger partial charge in [-0.1, -0.05) is 19.1 Å². The molecule has 7 heteroatoms. The first kappa shape index (κ1) is 23.9. The predicted molar refractivity (Wildman–Crippen MR) is 135 cm³/mol. The lowest BCUT2D eigenvalue weighted by Gasteiger charge is -2.13. The van der Waals surface area contributed by atoms with Crippen molar-refractivity contribution in [2.45, 2.75) is 13.3 Å². The molecule has 4 aromatic rings. The molecule has 0 amide bonds. The average molecular weight is 474 g/mol. The van der Waals surface area contributed by atoms with Crippen molar-refractivity contribution >= 4 is 28.5 Å². The highest BCUT2D eigenvalue weighted by molar-refractivity contribution is 6.31. The Balaban J connectivity index is 1.82. The summed E-state index contributed by atoms with van der Waals surface area (Å²) in [7, 11) is 4.62. The lowest BCUT2D eigenvalue weighted by atomic mass is 10.00. The van der Waals surface area contributed by atoms with Gasteiger partial charge in [-0.3, -0.25) is 4.79 Å². The number of hydrogen-bond donors (Lipinski definition) is 0. The number of ketones is 1. The fourth-order valence-electron chi connectivity index (χ4n) is 3.64. The molecule has 0 saturated heterocycles. The number of para-hydroxylation sites is 2. The summed E-state index contributed by atoms with van der Waals surface area (Å²) < 4.78 is 28.0. The lowest BCUT2D eigenvalue weighted by Crippen LogP contribution is -2.04. The molecule has 0 N–H and O–H groups in total. The van der Waals surface area contributed by atoms with Gasteiger partial charge in [0.25, 0.3) is 0 Å². The molecule has 0 saturated carbocycles. The normalized spacial score (nSPS) is 11.4. The van der Waals surface area contributed by atoms with E-state index in [0.29, 0.717) is 51.8 Å². The second-order valence-electron chi connectivity index (χ2n) is 7.71. The summed E-state index contributed by atoms with van der Waals surface area (Å²) in [5, 5.41) is 0. The maximum Gasteiger partial charge on any atom is 0.231 e. The van der Waals surface area contributed by atoms with Crippen LogP contribution in [0.2, 0.25) is 0 Å². The monoisotopic (exact) mass is 473 g/mol. The Kier molecular flexibility index (Phi) is 7.35. The van der Waals surface area contributed by atoms with Crippen LogP contribution in [0, 0.1) is 0 Å². The molecule has 0 aliphatic carbocycles. The number of ether oxygens (including phenoxy) is 4. The summed E-state index contributed by atoms with van der Waals surface area (Å²) in [6, 6.07) is 17.9. The molecule has 1 heterocycles. The molecule has 0 spiro atoms. The molecular weight excluding hydrogens is 446 g/mol. The highest BCUT2D eigenvalue weighted by Gasteiger charge is 2.21. The van der Waals surface area contributed by atoms with Crippen LogP contribution < -0.4 is 18.9 Å². The number of allylic oxidation sites excluding steroid dienone is 1. The van der Waals surface area contributed by atoms with Crippen LogP contribution in [0.4, 0.5) is 0 Å². The molecule has 0 aliphatic rings. The van der Waals surface area contributed by atoms with E-state index in [1.54, 1.807) is 56.7 Å². The van der Waals surface area contributed by atoms with Crippen LogP contribution in [0.1, 0.15) is 35.2 Å². The van der Waals surface area contributed by atoms with Crippen molar-refractivity contribution in [1.29, 1.82) is 0 Å². The van der Waals surface area contributed by atoms with Gasteiger partial charge in [0.2, 0.25) is 11.6 Å². The van der Waals surface area contributed by atoms with Gasteiger partial charge in [0.15, 0.2) is 22.9 Å². The maximum absolute atomic E-state index is 13.7. The topological polar surface area (TPSA) is 80.0 Å². The predicted octanol–water partition coefficient (Wildman–Crippen LogP) is 6.07. The van der Waals surface area contributed by atoms with Crippen molar-refractivity contribution in [3.8, 4) is 23.0 Å². The largest absolute Gasteiger partial charge is 0.494 e. The highest BCUT2D eigenvalue weighted by atomic mass is 16.5. The van der Waals surface area contributed by atoms with Crippen molar-refractivity contribution in [3.63, 3.8) is 0 Å². The van der Waals surface area contributed by atoms with Gasteiger partial charge in [-0.05, 0) is 66.6 Å². The van der Waals surface area contributed by atoms with Gasteiger partial charge in [-0.15, -0.1) is 0 Å². The van der Waals surface area contributed by atoms with Gasteiger partial charge >= 0.3 is 0 Å². The van der Waals surface area contributed by atoms with E-state index in [2.05, 4.69) is 4.98 Å². The first-order valence-corrected chi connectivity index (χ1v) is 11.2. The molecule has 0 atom stereocenters. The van der Waals surface area contributed by atoms with Gasteiger partial charge in [-0.2, -0.15) is 0 Å². The molecule has 35 heavy (non-hydrogen) atoms. The quantitative estimate of drug-likeness (QED) is 0.204. The Bertz CT molecular complexity index is 1300. The van der Waals surface area contributed by atoms with Crippen LogP contribution in [0.15, 0.2) is 65.1 Å². The van der Waals surface area contributed by atoms with E-state index in [4.69, 9.17) is 23.4 Å². The number of Topliss-reactive ketones (excluding diaryl/α,β-unsaturated/α-hetero) is 1. The summed E-state index contributed by atoms with van der Waals surface area (Å²) in [6.07, 6.45) is 2.61. The Morgan fingerprint density at radius 1 is 0.943 bits per heavy atom. The number of rotatable bonds is 10. The average Bonchev–Trinajstić information content (AvgIpc) is 3.33. The van der Waals surface area contributed by atoms with Gasteiger partial charge < -0.3 is 23.4 Å². The van der Waals surface area contributed by atoms with E-state index in [0.717, 1.165) is 6.42 Å². The van der Waals surface area contributed by atoms with Gasteiger partial charge in [-0.25, -0.2) is 4.98 Å². The van der Waals surface area contributed by atoms with Crippen molar-refractivity contribution in [2.75, 3.05) is 27.9 Å². The summed E-state index contributed by atoms with van der Waals surface area (Å²) in [4.78, 5) is 18.3. The van der Waals surface area contributed by atoms with Crippen molar-refractivity contribution in [3.05, 3.63) is 77.7 Å². The Labute approximate surface area is 203 Å². The van der Waals surface area contributed by atoms with Gasteiger partial charge in [0.1, 0.15) is 11.3 Å². The SMILES string of the molecule is CCCOc1ccc(C(=O)/C(=C/c2cc(OC)c(OC)c(OC)c2)c2nc3ccccc3o2)cc1. The highest BCUT2D eigenvalue weighted by Crippen LogP contribution is 2.39. The molecule has 180 valence electrons. The number of carbonyl (C=O) groups excluding carboxylic acids is 1. The van der Waals surface area contributed by atoms with E-state index in [1.165, 1.54) is 7.11 Å². The Hall–Kier alpha value is -4.26.